The average Bonchev–Trinajstić information content (AvgIpc) is 2.96. The standard InChI is InChI=1S/C27H40O4/c1-16(2)30-20-8-11-25(6)22-9-12-26(7)23(21(22)14-17(3)24(25)15-20)10-13-27(26,18(4)28)31-19(5)29/h14-16,20-23H,8-13H2,1-7H3/t20-,21+,22+,23+,25+,26-,27+/m0/s1. The first-order valence-corrected chi connectivity index (χ1v) is 12.2. The van der Waals surface area contributed by atoms with Crippen molar-refractivity contribution in [3.63, 3.8) is 0 Å². The van der Waals surface area contributed by atoms with Crippen molar-refractivity contribution in [2.45, 2.75) is 105 Å². The summed E-state index contributed by atoms with van der Waals surface area (Å²) in [7, 11) is 0. The van der Waals surface area contributed by atoms with Crippen molar-refractivity contribution in [1.82, 2.24) is 0 Å². The number of ether oxygens (including phenoxy) is 2. The molecular formula is C27H40O4. The van der Waals surface area contributed by atoms with Crippen LogP contribution in [0.5, 0.6) is 0 Å². The van der Waals surface area contributed by atoms with Crippen LogP contribution in [0.15, 0.2) is 23.3 Å². The molecule has 0 aliphatic heterocycles. The quantitative estimate of drug-likeness (QED) is 0.531. The lowest BCUT2D eigenvalue weighted by molar-refractivity contribution is -0.185. The number of carbonyl (C=O) groups excluding carboxylic acids is 2. The Hall–Kier alpha value is -1.42. The summed E-state index contributed by atoms with van der Waals surface area (Å²) in [5.41, 5.74) is 1.75. The fourth-order valence-electron chi connectivity index (χ4n) is 8.07. The fourth-order valence-corrected chi connectivity index (χ4v) is 8.07. The first-order chi connectivity index (χ1) is 14.4. The van der Waals surface area contributed by atoms with Gasteiger partial charge in [0.1, 0.15) is 0 Å². The molecule has 4 aliphatic rings. The Balaban J connectivity index is 1.72. The van der Waals surface area contributed by atoms with Crippen molar-refractivity contribution in [3.05, 3.63) is 23.3 Å². The van der Waals surface area contributed by atoms with Crippen LogP contribution in [0.4, 0.5) is 0 Å². The number of rotatable bonds is 4. The van der Waals surface area contributed by atoms with Crippen molar-refractivity contribution in [3.8, 4) is 0 Å². The third-order valence-corrected chi connectivity index (χ3v) is 9.39. The Bertz CT molecular complexity index is 838. The van der Waals surface area contributed by atoms with Gasteiger partial charge in [-0.1, -0.05) is 31.6 Å². The summed E-state index contributed by atoms with van der Waals surface area (Å²) in [6.07, 6.45) is 11.2. The summed E-state index contributed by atoms with van der Waals surface area (Å²) in [6, 6.07) is 0. The molecule has 2 fully saturated rings. The van der Waals surface area contributed by atoms with Gasteiger partial charge in [-0.2, -0.15) is 0 Å². The van der Waals surface area contributed by atoms with Gasteiger partial charge in [0.2, 0.25) is 0 Å². The van der Waals surface area contributed by atoms with Crippen LogP contribution in [0, 0.1) is 28.6 Å². The number of esters is 1. The minimum Gasteiger partial charge on any atom is -0.451 e. The molecule has 0 aromatic rings. The second-order valence-electron chi connectivity index (χ2n) is 11.4. The molecular weight excluding hydrogens is 388 g/mol. The van der Waals surface area contributed by atoms with Gasteiger partial charge in [-0.15, -0.1) is 0 Å². The Morgan fingerprint density at radius 1 is 1.00 bits per heavy atom. The molecule has 7 atom stereocenters. The lowest BCUT2D eigenvalue weighted by atomic mass is 9.47. The highest BCUT2D eigenvalue weighted by Gasteiger charge is 2.67. The van der Waals surface area contributed by atoms with Gasteiger partial charge in [-0.25, -0.2) is 0 Å². The predicted octanol–water partition coefficient (Wildman–Crippen LogP) is 5.80. The zero-order valence-corrected chi connectivity index (χ0v) is 20.4. The molecule has 31 heavy (non-hydrogen) atoms. The van der Waals surface area contributed by atoms with E-state index < -0.39 is 5.60 Å². The van der Waals surface area contributed by atoms with Gasteiger partial charge in [0.05, 0.1) is 12.2 Å². The number of hydrogen-bond donors (Lipinski definition) is 0. The maximum Gasteiger partial charge on any atom is 0.303 e. The second-order valence-corrected chi connectivity index (χ2v) is 11.4. The van der Waals surface area contributed by atoms with Gasteiger partial charge < -0.3 is 9.47 Å². The third-order valence-electron chi connectivity index (χ3n) is 9.39. The zero-order chi connectivity index (χ0) is 22.8. The number of fused-ring (bicyclic) bond motifs is 5. The molecule has 4 aliphatic carbocycles. The SMILES string of the molecule is CC(=O)O[C@@]1(C(C)=O)CC[C@@H]2[C@@H]3C=C(C)C4=C[C@@H](OC(C)C)CC[C@]4(C)[C@@H]3CC[C@@]21C. The summed E-state index contributed by atoms with van der Waals surface area (Å²) in [5.74, 6) is 1.05. The topological polar surface area (TPSA) is 52.6 Å². The van der Waals surface area contributed by atoms with E-state index in [4.69, 9.17) is 9.47 Å². The maximum atomic E-state index is 12.9. The van der Waals surface area contributed by atoms with Crippen molar-refractivity contribution >= 4 is 11.8 Å². The van der Waals surface area contributed by atoms with Crippen LogP contribution < -0.4 is 0 Å². The molecule has 0 unspecified atom stereocenters. The molecule has 2 saturated carbocycles. The maximum absolute atomic E-state index is 12.9. The van der Waals surface area contributed by atoms with Crippen LogP contribution in [0.25, 0.3) is 0 Å². The van der Waals surface area contributed by atoms with Crippen molar-refractivity contribution in [2.24, 2.45) is 28.6 Å². The number of ketones is 1. The van der Waals surface area contributed by atoms with E-state index in [-0.39, 0.29) is 34.8 Å². The monoisotopic (exact) mass is 428 g/mol. The first-order valence-electron chi connectivity index (χ1n) is 12.2. The van der Waals surface area contributed by atoms with Gasteiger partial charge in [0.15, 0.2) is 11.4 Å². The van der Waals surface area contributed by atoms with E-state index in [1.54, 1.807) is 6.92 Å². The van der Waals surface area contributed by atoms with Crippen LogP contribution in [0.2, 0.25) is 0 Å². The highest BCUT2D eigenvalue weighted by atomic mass is 16.6. The molecule has 0 heterocycles. The van der Waals surface area contributed by atoms with Crippen LogP contribution in [-0.2, 0) is 19.1 Å². The first kappa shape index (κ1) is 22.8. The van der Waals surface area contributed by atoms with Crippen molar-refractivity contribution in [2.75, 3.05) is 0 Å². The number of carbonyl (C=O) groups is 2. The van der Waals surface area contributed by atoms with E-state index in [0.29, 0.717) is 24.2 Å². The second kappa shape index (κ2) is 7.57. The fraction of sp³-hybridized carbons (Fsp3) is 0.778. The average molecular weight is 429 g/mol. The summed E-state index contributed by atoms with van der Waals surface area (Å²) in [5, 5.41) is 0. The lowest BCUT2D eigenvalue weighted by Gasteiger charge is -2.58. The van der Waals surface area contributed by atoms with Crippen LogP contribution in [-0.4, -0.2) is 29.6 Å². The molecule has 0 bridgehead atoms. The zero-order valence-electron chi connectivity index (χ0n) is 20.4. The molecule has 172 valence electrons. The summed E-state index contributed by atoms with van der Waals surface area (Å²) >= 11 is 0. The summed E-state index contributed by atoms with van der Waals surface area (Å²) < 4.78 is 12.0. The smallest absolute Gasteiger partial charge is 0.303 e. The third kappa shape index (κ3) is 3.27. The summed E-state index contributed by atoms with van der Waals surface area (Å²) in [4.78, 5) is 24.9. The lowest BCUT2D eigenvalue weighted by Crippen LogP contribution is -2.58. The van der Waals surface area contributed by atoms with E-state index in [1.165, 1.54) is 18.1 Å². The molecule has 0 amide bonds. The molecule has 4 heteroatoms. The molecule has 0 aromatic carbocycles. The van der Waals surface area contributed by atoms with Gasteiger partial charge >= 0.3 is 5.97 Å². The minimum atomic E-state index is -0.962. The van der Waals surface area contributed by atoms with E-state index in [0.717, 1.165) is 32.1 Å². The minimum absolute atomic E-state index is 0.0146. The van der Waals surface area contributed by atoms with Crippen LogP contribution in [0.3, 0.4) is 0 Å². The highest BCUT2D eigenvalue weighted by Crippen LogP contribution is 2.68. The Morgan fingerprint density at radius 2 is 1.68 bits per heavy atom. The molecule has 0 N–H and O–H groups in total. The van der Waals surface area contributed by atoms with Gasteiger partial charge in [-0.05, 0) is 95.0 Å². The number of allylic oxidation sites excluding steroid dienone is 3. The van der Waals surface area contributed by atoms with Gasteiger partial charge in [0, 0.05) is 12.3 Å². The molecule has 0 saturated heterocycles. The van der Waals surface area contributed by atoms with Gasteiger partial charge in [0.25, 0.3) is 0 Å². The van der Waals surface area contributed by atoms with Crippen LogP contribution in [0.1, 0.15) is 87.0 Å². The number of Topliss-reactive ketones (excluding diaryl/α,β-unsaturated/α-hetero) is 1. The van der Waals surface area contributed by atoms with Crippen molar-refractivity contribution in [1.29, 1.82) is 0 Å². The molecule has 0 radical (unpaired) electrons. The van der Waals surface area contributed by atoms with E-state index >= 15 is 0 Å². The predicted molar refractivity (Wildman–Crippen MR) is 121 cm³/mol. The van der Waals surface area contributed by atoms with E-state index in [9.17, 15) is 9.59 Å². The Labute approximate surface area is 187 Å². The van der Waals surface area contributed by atoms with E-state index in [2.05, 4.69) is 46.8 Å². The Morgan fingerprint density at radius 3 is 2.29 bits per heavy atom. The molecule has 4 nitrogen and oxygen atoms in total. The Kier molecular flexibility index (Phi) is 5.56. The van der Waals surface area contributed by atoms with E-state index in [1.807, 2.05) is 0 Å². The normalized spacial score (nSPS) is 44.0. The molecule has 0 aromatic heterocycles. The number of hydrogen-bond acceptors (Lipinski definition) is 4. The molecule has 0 spiro atoms. The highest BCUT2D eigenvalue weighted by molar-refractivity contribution is 5.89. The van der Waals surface area contributed by atoms with Crippen LogP contribution >= 0.6 is 0 Å². The largest absolute Gasteiger partial charge is 0.451 e. The summed E-state index contributed by atoms with van der Waals surface area (Å²) in [6.45, 7) is 14.2. The van der Waals surface area contributed by atoms with Gasteiger partial charge in [-0.3, -0.25) is 9.59 Å². The molecule has 4 rings (SSSR count). The van der Waals surface area contributed by atoms with Crippen molar-refractivity contribution < 1.29 is 19.1 Å².